The van der Waals surface area contributed by atoms with E-state index in [2.05, 4.69) is 23.7 Å². The molecule has 0 spiro atoms. The molecule has 0 radical (unpaired) electrons. The van der Waals surface area contributed by atoms with Crippen molar-refractivity contribution in [3.05, 3.63) is 12.2 Å². The van der Waals surface area contributed by atoms with Gasteiger partial charge >= 0.3 is 0 Å². The number of ether oxygens (including phenoxy) is 1. The van der Waals surface area contributed by atoms with Gasteiger partial charge in [0.05, 0.1) is 6.10 Å². The van der Waals surface area contributed by atoms with E-state index in [1.807, 2.05) is 7.05 Å². The third kappa shape index (κ3) is 4.78. The van der Waals surface area contributed by atoms with E-state index in [1.165, 1.54) is 18.4 Å². The number of likely N-dealkylation sites (N-methyl/N-ethyl adjacent to an activating group) is 2. The number of hydrogen-bond acceptors (Lipinski definition) is 3. The molecule has 0 saturated carbocycles. The summed E-state index contributed by atoms with van der Waals surface area (Å²) >= 11 is 0. The van der Waals surface area contributed by atoms with Crippen LogP contribution in [0.5, 0.6) is 0 Å². The Bertz CT molecular complexity index is 188. The Morgan fingerprint density at radius 2 is 2.40 bits per heavy atom. The minimum absolute atomic E-state index is 0.451. The Morgan fingerprint density at radius 3 is 2.93 bits per heavy atom. The van der Waals surface area contributed by atoms with E-state index >= 15 is 0 Å². The minimum Gasteiger partial charge on any atom is -0.377 e. The Morgan fingerprint density at radius 1 is 1.60 bits per heavy atom. The maximum Gasteiger partial charge on any atom is 0.0702 e. The smallest absolute Gasteiger partial charge is 0.0702 e. The second-order valence-corrected chi connectivity index (χ2v) is 4.24. The Labute approximate surface area is 93.5 Å². The monoisotopic (exact) mass is 212 g/mol. The molecule has 1 rings (SSSR count). The second-order valence-electron chi connectivity index (χ2n) is 4.24. The van der Waals surface area contributed by atoms with Crippen LogP contribution < -0.4 is 5.32 Å². The lowest BCUT2D eigenvalue weighted by Crippen LogP contribution is -2.34. The molecule has 0 aromatic carbocycles. The molecule has 0 aromatic rings. The van der Waals surface area contributed by atoms with Crippen molar-refractivity contribution in [3.8, 4) is 0 Å². The van der Waals surface area contributed by atoms with Crippen molar-refractivity contribution < 1.29 is 4.74 Å². The highest BCUT2D eigenvalue weighted by Crippen LogP contribution is 2.13. The SMILES string of the molecule is C=C(CNC)CN(CC)CC1CCCO1. The van der Waals surface area contributed by atoms with Gasteiger partial charge in [0.15, 0.2) is 0 Å². The van der Waals surface area contributed by atoms with Gasteiger partial charge in [0.25, 0.3) is 0 Å². The van der Waals surface area contributed by atoms with Crippen molar-refractivity contribution in [1.82, 2.24) is 10.2 Å². The molecule has 0 amide bonds. The van der Waals surface area contributed by atoms with Crippen LogP contribution in [0.3, 0.4) is 0 Å². The Balaban J connectivity index is 2.24. The highest BCUT2D eigenvalue weighted by atomic mass is 16.5. The first kappa shape index (κ1) is 12.7. The van der Waals surface area contributed by atoms with Gasteiger partial charge in [0.1, 0.15) is 0 Å². The van der Waals surface area contributed by atoms with Crippen LogP contribution in [0.25, 0.3) is 0 Å². The molecule has 1 heterocycles. The summed E-state index contributed by atoms with van der Waals surface area (Å²) in [6.07, 6.45) is 2.89. The third-order valence-corrected chi connectivity index (χ3v) is 2.81. The van der Waals surface area contributed by atoms with Gasteiger partial charge in [-0.1, -0.05) is 13.5 Å². The molecule has 1 fully saturated rings. The molecule has 1 aliphatic heterocycles. The van der Waals surface area contributed by atoms with Crippen molar-refractivity contribution in [2.24, 2.45) is 0 Å². The minimum atomic E-state index is 0.451. The van der Waals surface area contributed by atoms with Gasteiger partial charge < -0.3 is 10.1 Å². The van der Waals surface area contributed by atoms with Crippen LogP contribution in [0, 0.1) is 0 Å². The molecular formula is C12H24N2O. The lowest BCUT2D eigenvalue weighted by molar-refractivity contribution is 0.0776. The lowest BCUT2D eigenvalue weighted by atomic mass is 10.2. The first-order valence-electron chi connectivity index (χ1n) is 5.91. The maximum absolute atomic E-state index is 5.64. The van der Waals surface area contributed by atoms with Crippen LogP contribution in [0.1, 0.15) is 19.8 Å². The van der Waals surface area contributed by atoms with Crippen LogP contribution in [-0.4, -0.2) is 50.8 Å². The predicted octanol–water partition coefficient (Wildman–Crippen LogP) is 1.26. The maximum atomic E-state index is 5.64. The molecule has 15 heavy (non-hydrogen) atoms. The number of nitrogens with zero attached hydrogens (tertiary/aromatic N) is 1. The summed E-state index contributed by atoms with van der Waals surface area (Å²) in [5, 5.41) is 3.13. The van der Waals surface area contributed by atoms with E-state index in [1.54, 1.807) is 0 Å². The second kappa shape index (κ2) is 6.99. The first-order chi connectivity index (χ1) is 7.26. The molecule has 0 aromatic heterocycles. The molecule has 1 atom stereocenters. The van der Waals surface area contributed by atoms with Gasteiger partial charge in [-0.05, 0) is 32.0 Å². The summed E-state index contributed by atoms with van der Waals surface area (Å²) in [5.74, 6) is 0. The fourth-order valence-corrected chi connectivity index (χ4v) is 2.00. The average molecular weight is 212 g/mol. The summed E-state index contributed by atoms with van der Waals surface area (Å²) in [5.41, 5.74) is 1.25. The van der Waals surface area contributed by atoms with E-state index in [-0.39, 0.29) is 0 Å². The van der Waals surface area contributed by atoms with Gasteiger partial charge in [-0.3, -0.25) is 4.90 Å². The zero-order chi connectivity index (χ0) is 11.1. The van der Waals surface area contributed by atoms with Crippen LogP contribution in [0.4, 0.5) is 0 Å². The van der Waals surface area contributed by atoms with Crippen LogP contribution >= 0.6 is 0 Å². The van der Waals surface area contributed by atoms with E-state index in [9.17, 15) is 0 Å². The standard InChI is InChI=1S/C12H24N2O/c1-4-14(9-11(2)8-13-3)10-12-6-5-7-15-12/h12-13H,2,4-10H2,1,3H3. The highest BCUT2D eigenvalue weighted by Gasteiger charge is 2.18. The number of rotatable bonds is 7. The van der Waals surface area contributed by atoms with Crippen LogP contribution in [0.15, 0.2) is 12.2 Å². The predicted molar refractivity (Wildman–Crippen MR) is 64.2 cm³/mol. The summed E-state index contributed by atoms with van der Waals surface area (Å²) < 4.78 is 5.64. The number of nitrogens with one attached hydrogen (secondary N) is 1. The molecule has 1 saturated heterocycles. The first-order valence-corrected chi connectivity index (χ1v) is 5.91. The summed E-state index contributed by atoms with van der Waals surface area (Å²) in [6.45, 7) is 11.2. The van der Waals surface area contributed by atoms with Crippen molar-refractivity contribution >= 4 is 0 Å². The summed E-state index contributed by atoms with van der Waals surface area (Å²) in [4.78, 5) is 2.41. The molecule has 1 unspecified atom stereocenters. The molecular weight excluding hydrogens is 188 g/mol. The molecule has 88 valence electrons. The molecule has 0 bridgehead atoms. The fourth-order valence-electron chi connectivity index (χ4n) is 2.00. The lowest BCUT2D eigenvalue weighted by Gasteiger charge is -2.24. The average Bonchev–Trinajstić information content (AvgIpc) is 2.70. The number of hydrogen-bond donors (Lipinski definition) is 1. The largest absolute Gasteiger partial charge is 0.377 e. The summed E-state index contributed by atoms with van der Waals surface area (Å²) in [6, 6.07) is 0. The van der Waals surface area contributed by atoms with E-state index in [0.29, 0.717) is 6.10 Å². The van der Waals surface area contributed by atoms with Crippen LogP contribution in [-0.2, 0) is 4.74 Å². The van der Waals surface area contributed by atoms with Crippen molar-refractivity contribution in [3.63, 3.8) is 0 Å². The summed E-state index contributed by atoms with van der Waals surface area (Å²) in [7, 11) is 1.96. The van der Waals surface area contributed by atoms with Crippen molar-refractivity contribution in [2.45, 2.75) is 25.9 Å². The molecule has 1 N–H and O–H groups in total. The van der Waals surface area contributed by atoms with E-state index < -0.39 is 0 Å². The zero-order valence-corrected chi connectivity index (χ0v) is 10.1. The molecule has 3 heteroatoms. The quantitative estimate of drug-likeness (QED) is 0.643. The van der Waals surface area contributed by atoms with Crippen molar-refractivity contribution in [1.29, 1.82) is 0 Å². The highest BCUT2D eigenvalue weighted by molar-refractivity contribution is 4.99. The normalized spacial score (nSPS) is 21.1. The Kier molecular flexibility index (Phi) is 5.91. The van der Waals surface area contributed by atoms with E-state index in [4.69, 9.17) is 4.74 Å². The fraction of sp³-hybridized carbons (Fsp3) is 0.833. The van der Waals surface area contributed by atoms with Gasteiger partial charge in [-0.15, -0.1) is 0 Å². The van der Waals surface area contributed by atoms with Gasteiger partial charge in [0, 0.05) is 26.2 Å². The molecule has 3 nitrogen and oxygen atoms in total. The van der Waals surface area contributed by atoms with Crippen molar-refractivity contribution in [2.75, 3.05) is 39.8 Å². The van der Waals surface area contributed by atoms with Gasteiger partial charge in [0.2, 0.25) is 0 Å². The third-order valence-electron chi connectivity index (χ3n) is 2.81. The van der Waals surface area contributed by atoms with Crippen LogP contribution in [0.2, 0.25) is 0 Å². The molecule has 1 aliphatic rings. The topological polar surface area (TPSA) is 24.5 Å². The Hall–Kier alpha value is -0.380. The zero-order valence-electron chi connectivity index (χ0n) is 10.1. The molecule has 0 aliphatic carbocycles. The van der Waals surface area contributed by atoms with E-state index in [0.717, 1.165) is 32.8 Å². The van der Waals surface area contributed by atoms with Gasteiger partial charge in [-0.25, -0.2) is 0 Å². The van der Waals surface area contributed by atoms with Gasteiger partial charge in [-0.2, -0.15) is 0 Å².